The fraction of sp³-hybridized carbons (Fsp3) is 0.600. The number of carbonyl (C=O) groups excluding carboxylic acids is 1. The molecule has 0 unspecified atom stereocenters. The summed E-state index contributed by atoms with van der Waals surface area (Å²) in [4.78, 5) is 19.0. The molecule has 25 heavy (non-hydrogen) atoms. The molecule has 2 aromatic rings. The maximum absolute atomic E-state index is 12.3. The lowest BCUT2D eigenvalue weighted by Crippen LogP contribution is -2.51. The van der Waals surface area contributed by atoms with E-state index in [9.17, 15) is 4.79 Å². The maximum Gasteiger partial charge on any atom is 0.225 e. The number of nitrogens with zero attached hydrogens (tertiary/aromatic N) is 3. The van der Waals surface area contributed by atoms with E-state index in [1.165, 1.54) is 11.3 Å². The molecule has 5 nitrogen and oxygen atoms in total. The number of piperidine rings is 1. The van der Waals surface area contributed by atoms with Crippen LogP contribution < -0.4 is 5.32 Å². The molecule has 1 aliphatic heterocycles. The van der Waals surface area contributed by atoms with Gasteiger partial charge in [-0.15, -0.1) is 0 Å². The number of fused-ring (bicyclic) bond motifs is 1. The van der Waals surface area contributed by atoms with Crippen molar-refractivity contribution in [3.63, 3.8) is 0 Å². The first-order chi connectivity index (χ1) is 12.2. The number of aryl methyl sites for hydroxylation is 1. The van der Waals surface area contributed by atoms with Gasteiger partial charge in [-0.3, -0.25) is 4.79 Å². The number of carbonyl (C=O) groups is 1. The van der Waals surface area contributed by atoms with Gasteiger partial charge in [0, 0.05) is 37.8 Å². The van der Waals surface area contributed by atoms with Crippen molar-refractivity contribution in [3.05, 3.63) is 35.8 Å². The molecular weight excluding hydrogens is 312 g/mol. The normalized spacial score (nSPS) is 24.0. The Morgan fingerprint density at radius 3 is 2.96 bits per heavy atom. The number of aromatic nitrogens is 2. The van der Waals surface area contributed by atoms with Crippen LogP contribution >= 0.6 is 0 Å². The highest BCUT2D eigenvalue weighted by molar-refractivity contribution is 5.81. The quantitative estimate of drug-likeness (QED) is 0.910. The summed E-state index contributed by atoms with van der Waals surface area (Å²) in [6.07, 6.45) is 8.42. The molecule has 3 heterocycles. The molecule has 2 atom stereocenters. The van der Waals surface area contributed by atoms with Crippen molar-refractivity contribution in [2.24, 2.45) is 11.8 Å². The van der Waals surface area contributed by atoms with Gasteiger partial charge < -0.3 is 14.6 Å². The Morgan fingerprint density at radius 1 is 1.36 bits per heavy atom. The van der Waals surface area contributed by atoms with Crippen molar-refractivity contribution in [1.82, 2.24) is 19.6 Å². The van der Waals surface area contributed by atoms with E-state index < -0.39 is 0 Å². The van der Waals surface area contributed by atoms with Gasteiger partial charge in [-0.2, -0.15) is 0 Å². The van der Waals surface area contributed by atoms with Crippen LogP contribution in [0.4, 0.5) is 0 Å². The molecule has 1 saturated heterocycles. The van der Waals surface area contributed by atoms with Crippen molar-refractivity contribution in [1.29, 1.82) is 0 Å². The summed E-state index contributed by atoms with van der Waals surface area (Å²) >= 11 is 0. The van der Waals surface area contributed by atoms with Crippen LogP contribution in [0.2, 0.25) is 0 Å². The van der Waals surface area contributed by atoms with Gasteiger partial charge in [0.15, 0.2) is 0 Å². The van der Waals surface area contributed by atoms with Gasteiger partial charge in [-0.1, -0.05) is 13.3 Å². The van der Waals surface area contributed by atoms with Crippen molar-refractivity contribution in [2.45, 2.75) is 52.1 Å². The molecule has 2 aliphatic rings. The number of amides is 1. The SMILES string of the molecule is CC[C@@H]1CN(C(=O)C2CC2)CC[C@@H]1NCc1cnc2cc(C)ccn12. The zero-order valence-electron chi connectivity index (χ0n) is 15.2. The van der Waals surface area contributed by atoms with E-state index in [-0.39, 0.29) is 0 Å². The van der Waals surface area contributed by atoms with E-state index >= 15 is 0 Å². The number of hydrogen-bond acceptors (Lipinski definition) is 3. The largest absolute Gasteiger partial charge is 0.342 e. The number of nitrogens with one attached hydrogen (secondary N) is 1. The van der Waals surface area contributed by atoms with Crippen molar-refractivity contribution < 1.29 is 4.79 Å². The third-order valence-corrected chi connectivity index (χ3v) is 5.79. The predicted molar refractivity (Wildman–Crippen MR) is 98.3 cm³/mol. The first kappa shape index (κ1) is 16.6. The second-order valence-corrected chi connectivity index (χ2v) is 7.68. The molecule has 4 rings (SSSR count). The van der Waals surface area contributed by atoms with E-state index in [1.807, 2.05) is 6.20 Å². The second-order valence-electron chi connectivity index (χ2n) is 7.68. The topological polar surface area (TPSA) is 49.6 Å². The number of likely N-dealkylation sites (tertiary alicyclic amines) is 1. The zero-order valence-corrected chi connectivity index (χ0v) is 15.2. The lowest BCUT2D eigenvalue weighted by atomic mass is 9.89. The van der Waals surface area contributed by atoms with Gasteiger partial charge in [-0.25, -0.2) is 4.98 Å². The molecule has 0 radical (unpaired) electrons. The third kappa shape index (κ3) is 3.43. The Bertz CT molecular complexity index is 764. The lowest BCUT2D eigenvalue weighted by Gasteiger charge is -2.39. The summed E-state index contributed by atoms with van der Waals surface area (Å²) < 4.78 is 2.16. The fourth-order valence-electron chi connectivity index (χ4n) is 4.00. The van der Waals surface area contributed by atoms with Crippen molar-refractivity contribution >= 4 is 11.6 Å². The van der Waals surface area contributed by atoms with E-state index in [0.29, 0.717) is 23.8 Å². The Kier molecular flexibility index (Phi) is 4.50. The average Bonchev–Trinajstić information content (AvgIpc) is 3.40. The smallest absolute Gasteiger partial charge is 0.225 e. The number of pyridine rings is 1. The zero-order chi connectivity index (χ0) is 17.4. The molecule has 1 amide bonds. The summed E-state index contributed by atoms with van der Waals surface area (Å²) in [6.45, 7) is 6.96. The van der Waals surface area contributed by atoms with Gasteiger partial charge >= 0.3 is 0 Å². The molecule has 1 aliphatic carbocycles. The van der Waals surface area contributed by atoms with E-state index in [2.05, 4.69) is 51.8 Å². The molecular formula is C20H28N4O. The number of rotatable bonds is 5. The summed E-state index contributed by atoms with van der Waals surface area (Å²) in [5.41, 5.74) is 3.44. The third-order valence-electron chi connectivity index (χ3n) is 5.79. The van der Waals surface area contributed by atoms with Crippen LogP contribution in [-0.2, 0) is 11.3 Å². The summed E-state index contributed by atoms with van der Waals surface area (Å²) in [5.74, 6) is 1.27. The van der Waals surface area contributed by atoms with Gasteiger partial charge in [0.1, 0.15) is 5.65 Å². The molecule has 5 heteroatoms. The summed E-state index contributed by atoms with van der Waals surface area (Å²) in [6, 6.07) is 4.71. The fourth-order valence-corrected chi connectivity index (χ4v) is 4.00. The Hall–Kier alpha value is -1.88. The van der Waals surface area contributed by atoms with Crippen LogP contribution in [0.1, 0.15) is 43.9 Å². The van der Waals surface area contributed by atoms with Gasteiger partial charge in [0.2, 0.25) is 5.91 Å². The maximum atomic E-state index is 12.3. The molecule has 2 fully saturated rings. The monoisotopic (exact) mass is 340 g/mol. The number of imidazole rings is 1. The molecule has 2 aromatic heterocycles. The van der Waals surface area contributed by atoms with Crippen LogP contribution in [0.15, 0.2) is 24.5 Å². The molecule has 1 N–H and O–H groups in total. The van der Waals surface area contributed by atoms with Crippen LogP contribution in [0.25, 0.3) is 5.65 Å². The minimum Gasteiger partial charge on any atom is -0.342 e. The van der Waals surface area contributed by atoms with Gasteiger partial charge in [0.25, 0.3) is 0 Å². The van der Waals surface area contributed by atoms with Crippen molar-refractivity contribution in [3.8, 4) is 0 Å². The number of hydrogen-bond donors (Lipinski definition) is 1. The second kappa shape index (κ2) is 6.79. The van der Waals surface area contributed by atoms with E-state index in [1.54, 1.807) is 0 Å². The first-order valence-corrected chi connectivity index (χ1v) is 9.60. The molecule has 0 bridgehead atoms. The van der Waals surface area contributed by atoms with Gasteiger partial charge in [0.05, 0.1) is 11.9 Å². The highest BCUT2D eigenvalue weighted by atomic mass is 16.2. The van der Waals surface area contributed by atoms with Crippen LogP contribution in [0.3, 0.4) is 0 Å². The standard InChI is InChI=1S/C20H28N4O/c1-3-15-13-23(20(25)16-4-5-16)8-7-18(15)21-11-17-12-22-19-10-14(2)6-9-24(17)19/h6,9-10,12,15-16,18,21H,3-5,7-8,11,13H2,1-2H3/t15-,18+/m1/s1. The molecule has 1 saturated carbocycles. The Labute approximate surface area is 149 Å². The predicted octanol–water partition coefficient (Wildman–Crippen LogP) is 2.77. The van der Waals surface area contributed by atoms with Crippen LogP contribution in [0, 0.1) is 18.8 Å². The van der Waals surface area contributed by atoms with E-state index in [0.717, 1.165) is 51.0 Å². The molecule has 0 spiro atoms. The molecule has 0 aromatic carbocycles. The van der Waals surface area contributed by atoms with Crippen LogP contribution in [0.5, 0.6) is 0 Å². The lowest BCUT2D eigenvalue weighted by molar-refractivity contribution is -0.134. The summed E-state index contributed by atoms with van der Waals surface area (Å²) in [7, 11) is 0. The van der Waals surface area contributed by atoms with Gasteiger partial charge in [-0.05, 0) is 49.8 Å². The Morgan fingerprint density at radius 2 is 2.20 bits per heavy atom. The van der Waals surface area contributed by atoms with Crippen LogP contribution in [-0.4, -0.2) is 39.3 Å². The minimum atomic E-state index is 0.337. The highest BCUT2D eigenvalue weighted by Crippen LogP contribution is 2.33. The first-order valence-electron chi connectivity index (χ1n) is 9.60. The van der Waals surface area contributed by atoms with E-state index in [4.69, 9.17) is 0 Å². The summed E-state index contributed by atoms with van der Waals surface area (Å²) in [5, 5.41) is 3.74. The molecule has 134 valence electrons. The Balaban J connectivity index is 1.39. The minimum absolute atomic E-state index is 0.337. The van der Waals surface area contributed by atoms with Crippen molar-refractivity contribution in [2.75, 3.05) is 13.1 Å². The average molecular weight is 340 g/mol. The highest BCUT2D eigenvalue weighted by Gasteiger charge is 2.37.